The zero-order valence-corrected chi connectivity index (χ0v) is 12.3. The summed E-state index contributed by atoms with van der Waals surface area (Å²) < 4.78 is 15.3. The van der Waals surface area contributed by atoms with E-state index >= 15 is 0 Å². The molecule has 102 valence electrons. The number of nitrogens with one attached hydrogen (secondary N) is 1. The lowest BCUT2D eigenvalue weighted by Crippen LogP contribution is -2.39. The van der Waals surface area contributed by atoms with E-state index < -0.39 is 0 Å². The first-order valence-electron chi connectivity index (χ1n) is 6.16. The summed E-state index contributed by atoms with van der Waals surface area (Å²) in [5.74, 6) is 0.879. The van der Waals surface area contributed by atoms with Gasteiger partial charge in [0.15, 0.2) is 0 Å². The number of ether oxygens (including phenoxy) is 2. The smallest absolute Gasteiger partial charge is 0.202 e. The van der Waals surface area contributed by atoms with Gasteiger partial charge in [0.2, 0.25) is 5.13 Å². The normalized spacial score (nSPS) is 24.4. The molecule has 0 amide bonds. The van der Waals surface area contributed by atoms with Crippen LogP contribution in [0.1, 0.15) is 33.0 Å². The Kier molecular flexibility index (Phi) is 3.89. The van der Waals surface area contributed by atoms with Gasteiger partial charge in [0.1, 0.15) is 11.4 Å². The SMILES string of the molecule is COC1(CNc2nc(C(C)(C)C)ns2)CCOC1. The quantitative estimate of drug-likeness (QED) is 0.908. The fourth-order valence-electron chi connectivity index (χ4n) is 1.80. The van der Waals surface area contributed by atoms with Gasteiger partial charge < -0.3 is 14.8 Å². The van der Waals surface area contributed by atoms with Crippen molar-refractivity contribution in [2.45, 2.75) is 38.2 Å². The first-order valence-corrected chi connectivity index (χ1v) is 6.93. The minimum absolute atomic E-state index is 0.00809. The van der Waals surface area contributed by atoms with Crippen LogP contribution in [0.2, 0.25) is 0 Å². The van der Waals surface area contributed by atoms with Gasteiger partial charge in [0.25, 0.3) is 0 Å². The summed E-state index contributed by atoms with van der Waals surface area (Å²) >= 11 is 1.40. The van der Waals surface area contributed by atoms with E-state index in [0.29, 0.717) is 13.2 Å². The highest BCUT2D eigenvalue weighted by atomic mass is 32.1. The number of methoxy groups -OCH3 is 1. The number of hydrogen-bond donors (Lipinski definition) is 1. The van der Waals surface area contributed by atoms with Crippen LogP contribution >= 0.6 is 11.5 Å². The van der Waals surface area contributed by atoms with Crippen LogP contribution in [0.5, 0.6) is 0 Å². The van der Waals surface area contributed by atoms with Crippen LogP contribution < -0.4 is 5.32 Å². The molecule has 2 rings (SSSR count). The molecule has 6 heteroatoms. The Bertz CT molecular complexity index is 394. The van der Waals surface area contributed by atoms with E-state index in [9.17, 15) is 0 Å². The lowest BCUT2D eigenvalue weighted by atomic mass is 9.96. The highest BCUT2D eigenvalue weighted by molar-refractivity contribution is 7.09. The third kappa shape index (κ3) is 2.99. The van der Waals surface area contributed by atoms with Gasteiger partial charge in [-0.3, -0.25) is 0 Å². The summed E-state index contributed by atoms with van der Waals surface area (Å²) in [5.41, 5.74) is -0.223. The number of aromatic nitrogens is 2. The zero-order chi connectivity index (χ0) is 13.2. The van der Waals surface area contributed by atoms with Crippen LogP contribution in [0, 0.1) is 0 Å². The van der Waals surface area contributed by atoms with Gasteiger partial charge in [0, 0.05) is 43.6 Å². The second-order valence-corrected chi connectivity index (χ2v) is 6.47. The third-order valence-electron chi connectivity index (χ3n) is 3.16. The summed E-state index contributed by atoms with van der Waals surface area (Å²) in [6.07, 6.45) is 0.918. The van der Waals surface area contributed by atoms with Crippen molar-refractivity contribution in [2.75, 3.05) is 32.2 Å². The molecule has 2 heterocycles. The minimum Gasteiger partial charge on any atom is -0.378 e. The molecule has 1 aromatic rings. The fourth-order valence-corrected chi connectivity index (χ4v) is 2.55. The molecule has 0 bridgehead atoms. The van der Waals surface area contributed by atoms with Crippen molar-refractivity contribution in [3.05, 3.63) is 5.82 Å². The number of anilines is 1. The second kappa shape index (κ2) is 5.11. The lowest BCUT2D eigenvalue weighted by molar-refractivity contribution is -0.00620. The van der Waals surface area contributed by atoms with E-state index in [2.05, 4.69) is 35.4 Å². The van der Waals surface area contributed by atoms with Crippen molar-refractivity contribution < 1.29 is 9.47 Å². The maximum atomic E-state index is 5.56. The minimum atomic E-state index is -0.215. The van der Waals surface area contributed by atoms with Crippen LogP contribution in [-0.4, -0.2) is 41.8 Å². The molecule has 1 aliphatic rings. The Hall–Kier alpha value is -0.720. The Balaban J connectivity index is 1.96. The average molecular weight is 271 g/mol. The lowest BCUT2D eigenvalue weighted by Gasteiger charge is -2.25. The second-order valence-electron chi connectivity index (χ2n) is 5.72. The predicted octanol–water partition coefficient (Wildman–Crippen LogP) is 2.05. The monoisotopic (exact) mass is 271 g/mol. The number of rotatable bonds is 4. The van der Waals surface area contributed by atoms with Crippen molar-refractivity contribution in [1.29, 1.82) is 0 Å². The van der Waals surface area contributed by atoms with Crippen molar-refractivity contribution in [2.24, 2.45) is 0 Å². The summed E-state index contributed by atoms with van der Waals surface area (Å²) in [5, 5.41) is 4.16. The highest BCUT2D eigenvalue weighted by Gasteiger charge is 2.35. The molecule has 1 N–H and O–H groups in total. The van der Waals surface area contributed by atoms with Crippen molar-refractivity contribution >= 4 is 16.7 Å². The molecule has 1 fully saturated rings. The van der Waals surface area contributed by atoms with Gasteiger partial charge >= 0.3 is 0 Å². The molecule has 1 saturated heterocycles. The number of nitrogens with zero attached hydrogens (tertiary/aromatic N) is 2. The van der Waals surface area contributed by atoms with E-state index in [0.717, 1.165) is 24.0 Å². The molecular weight excluding hydrogens is 250 g/mol. The maximum Gasteiger partial charge on any atom is 0.202 e. The summed E-state index contributed by atoms with van der Waals surface area (Å²) in [6, 6.07) is 0. The van der Waals surface area contributed by atoms with E-state index in [1.807, 2.05) is 0 Å². The van der Waals surface area contributed by atoms with Gasteiger partial charge in [-0.25, -0.2) is 4.98 Å². The Morgan fingerprint density at radius 1 is 1.50 bits per heavy atom. The largest absolute Gasteiger partial charge is 0.378 e. The number of hydrogen-bond acceptors (Lipinski definition) is 6. The summed E-state index contributed by atoms with van der Waals surface area (Å²) in [4.78, 5) is 4.51. The van der Waals surface area contributed by atoms with Gasteiger partial charge in [-0.1, -0.05) is 20.8 Å². The average Bonchev–Trinajstić information content (AvgIpc) is 2.96. The van der Waals surface area contributed by atoms with Crippen LogP contribution in [0.3, 0.4) is 0 Å². The van der Waals surface area contributed by atoms with Crippen molar-refractivity contribution in [3.63, 3.8) is 0 Å². The molecule has 0 aromatic carbocycles. The molecule has 1 aliphatic heterocycles. The summed E-state index contributed by atoms with van der Waals surface area (Å²) in [6.45, 7) is 8.45. The van der Waals surface area contributed by atoms with Crippen LogP contribution in [-0.2, 0) is 14.9 Å². The zero-order valence-electron chi connectivity index (χ0n) is 11.4. The molecule has 18 heavy (non-hydrogen) atoms. The van der Waals surface area contributed by atoms with E-state index in [4.69, 9.17) is 9.47 Å². The van der Waals surface area contributed by atoms with Crippen LogP contribution in [0.4, 0.5) is 5.13 Å². The van der Waals surface area contributed by atoms with Crippen LogP contribution in [0.15, 0.2) is 0 Å². The molecule has 0 aliphatic carbocycles. The van der Waals surface area contributed by atoms with Gasteiger partial charge in [-0.15, -0.1) is 0 Å². The van der Waals surface area contributed by atoms with Gasteiger partial charge in [0.05, 0.1) is 6.61 Å². The first-order chi connectivity index (χ1) is 8.45. The molecule has 0 radical (unpaired) electrons. The molecular formula is C12H21N3O2S. The molecule has 5 nitrogen and oxygen atoms in total. The fraction of sp³-hybridized carbons (Fsp3) is 0.833. The van der Waals surface area contributed by atoms with Crippen LogP contribution in [0.25, 0.3) is 0 Å². The van der Waals surface area contributed by atoms with Crippen molar-refractivity contribution in [1.82, 2.24) is 9.36 Å². The van der Waals surface area contributed by atoms with Gasteiger partial charge in [-0.05, 0) is 0 Å². The molecule has 0 saturated carbocycles. The Morgan fingerprint density at radius 3 is 2.78 bits per heavy atom. The maximum absolute atomic E-state index is 5.56. The van der Waals surface area contributed by atoms with E-state index in [1.165, 1.54) is 11.5 Å². The molecule has 1 aromatic heterocycles. The highest BCUT2D eigenvalue weighted by Crippen LogP contribution is 2.26. The first kappa shape index (κ1) is 13.7. The predicted molar refractivity (Wildman–Crippen MR) is 72.3 cm³/mol. The molecule has 1 atom stereocenters. The standard InChI is InChI=1S/C12H21N3O2S/c1-11(2,3)9-14-10(18-15-9)13-7-12(16-4)5-6-17-8-12/h5-8H2,1-4H3,(H,13,14,15). The Labute approximate surface area is 112 Å². The van der Waals surface area contributed by atoms with Crippen molar-refractivity contribution in [3.8, 4) is 0 Å². The topological polar surface area (TPSA) is 56.3 Å². The summed E-state index contributed by atoms with van der Waals surface area (Å²) in [7, 11) is 1.73. The van der Waals surface area contributed by atoms with E-state index in [-0.39, 0.29) is 11.0 Å². The Morgan fingerprint density at radius 2 is 2.28 bits per heavy atom. The molecule has 1 unspecified atom stereocenters. The molecule has 0 spiro atoms. The third-order valence-corrected chi connectivity index (χ3v) is 3.83. The van der Waals surface area contributed by atoms with Gasteiger partial charge in [-0.2, -0.15) is 4.37 Å². The van der Waals surface area contributed by atoms with E-state index in [1.54, 1.807) is 7.11 Å².